The molecule has 1 saturated carbocycles. The number of carbonyl (C=O) groups is 1. The van der Waals surface area contributed by atoms with Gasteiger partial charge in [-0.3, -0.25) is 4.79 Å². The third-order valence-corrected chi connectivity index (χ3v) is 4.20. The normalized spacial score (nSPS) is 16.6. The maximum Gasteiger partial charge on any atom is 0.238 e. The van der Waals surface area contributed by atoms with E-state index in [1.807, 2.05) is 14.1 Å². The number of anilines is 1. The van der Waals surface area contributed by atoms with E-state index in [0.717, 1.165) is 25.0 Å². The first-order valence-corrected chi connectivity index (χ1v) is 7.07. The lowest BCUT2D eigenvalue weighted by Crippen LogP contribution is -2.57. The second-order valence-corrected chi connectivity index (χ2v) is 5.72. The van der Waals surface area contributed by atoms with Crippen molar-refractivity contribution in [2.75, 3.05) is 32.5 Å². The molecule has 0 radical (unpaired) electrons. The Labute approximate surface area is 123 Å². The zero-order chi connectivity index (χ0) is 15.5. The molecule has 0 atom stereocenters. The molecule has 0 aromatic heterocycles. The number of hydrogen-bond donors (Lipinski definition) is 2. The summed E-state index contributed by atoms with van der Waals surface area (Å²) in [6, 6.07) is 3.49. The molecule has 1 aliphatic rings. The van der Waals surface area contributed by atoms with Gasteiger partial charge >= 0.3 is 0 Å². The van der Waals surface area contributed by atoms with Crippen molar-refractivity contribution in [2.45, 2.75) is 24.8 Å². The van der Waals surface area contributed by atoms with Crippen LogP contribution in [-0.4, -0.2) is 43.5 Å². The van der Waals surface area contributed by atoms with Crippen LogP contribution in [-0.2, 0) is 4.79 Å². The Morgan fingerprint density at radius 1 is 1.29 bits per heavy atom. The van der Waals surface area contributed by atoms with E-state index >= 15 is 0 Å². The Hall–Kier alpha value is -1.53. The Morgan fingerprint density at radius 2 is 1.90 bits per heavy atom. The van der Waals surface area contributed by atoms with Crippen LogP contribution in [0.3, 0.4) is 0 Å². The fourth-order valence-electron chi connectivity index (χ4n) is 2.58. The van der Waals surface area contributed by atoms with Gasteiger partial charge in [0, 0.05) is 12.1 Å². The highest BCUT2D eigenvalue weighted by atomic mass is 19.1. The minimum Gasteiger partial charge on any atom is -0.320 e. The van der Waals surface area contributed by atoms with E-state index in [1.165, 1.54) is 12.5 Å². The maximum absolute atomic E-state index is 13.4. The van der Waals surface area contributed by atoms with Crippen molar-refractivity contribution in [1.29, 1.82) is 0 Å². The van der Waals surface area contributed by atoms with Crippen molar-refractivity contribution in [2.24, 2.45) is 0 Å². The molecule has 116 valence electrons. The van der Waals surface area contributed by atoms with E-state index in [9.17, 15) is 13.6 Å². The molecular weight excluding hydrogens is 276 g/mol. The van der Waals surface area contributed by atoms with Crippen molar-refractivity contribution in [3.8, 4) is 0 Å². The van der Waals surface area contributed by atoms with Gasteiger partial charge in [0.1, 0.15) is 17.3 Å². The summed E-state index contributed by atoms with van der Waals surface area (Å²) < 4.78 is 26.8. The van der Waals surface area contributed by atoms with E-state index in [1.54, 1.807) is 0 Å². The van der Waals surface area contributed by atoms with Crippen LogP contribution in [0.2, 0.25) is 0 Å². The lowest BCUT2D eigenvalue weighted by atomic mass is 9.75. The van der Waals surface area contributed by atoms with Crippen LogP contribution < -0.4 is 10.6 Å². The van der Waals surface area contributed by atoms with Gasteiger partial charge < -0.3 is 15.5 Å². The third-order valence-electron chi connectivity index (χ3n) is 4.20. The Bertz CT molecular complexity index is 495. The molecule has 2 rings (SSSR count). The number of amides is 1. The predicted octanol–water partition coefficient (Wildman–Crippen LogP) is 1.98. The number of carbonyl (C=O) groups excluding carboxylic acids is 1. The minimum absolute atomic E-state index is 0.0311. The molecule has 1 fully saturated rings. The smallest absolute Gasteiger partial charge is 0.238 e. The second-order valence-electron chi connectivity index (χ2n) is 5.72. The number of rotatable bonds is 6. The molecule has 0 unspecified atom stereocenters. The first-order chi connectivity index (χ1) is 9.94. The number of benzene rings is 1. The summed E-state index contributed by atoms with van der Waals surface area (Å²) in [6.07, 6.45) is 3.37. The van der Waals surface area contributed by atoms with Gasteiger partial charge in [-0.25, -0.2) is 8.78 Å². The molecule has 0 heterocycles. The van der Waals surface area contributed by atoms with Crippen LogP contribution >= 0.6 is 0 Å². The molecule has 6 heteroatoms. The van der Waals surface area contributed by atoms with Gasteiger partial charge in [-0.05, 0) is 45.5 Å². The van der Waals surface area contributed by atoms with Crippen molar-refractivity contribution in [3.05, 3.63) is 29.8 Å². The van der Waals surface area contributed by atoms with E-state index in [-0.39, 0.29) is 12.1 Å². The molecule has 0 aliphatic heterocycles. The highest BCUT2D eigenvalue weighted by Gasteiger charge is 2.38. The van der Waals surface area contributed by atoms with Crippen molar-refractivity contribution in [3.63, 3.8) is 0 Å². The summed E-state index contributed by atoms with van der Waals surface area (Å²) in [5.41, 5.74) is -0.293. The highest BCUT2D eigenvalue weighted by molar-refractivity contribution is 5.92. The van der Waals surface area contributed by atoms with Crippen molar-refractivity contribution >= 4 is 11.6 Å². The summed E-state index contributed by atoms with van der Waals surface area (Å²) in [5, 5.41) is 5.33. The molecule has 21 heavy (non-hydrogen) atoms. The first kappa shape index (κ1) is 15.9. The summed E-state index contributed by atoms with van der Waals surface area (Å²) in [7, 11) is 4.05. The van der Waals surface area contributed by atoms with Crippen LogP contribution in [0.5, 0.6) is 0 Å². The van der Waals surface area contributed by atoms with Gasteiger partial charge in [0.15, 0.2) is 0 Å². The van der Waals surface area contributed by atoms with E-state index in [0.29, 0.717) is 6.54 Å². The molecule has 0 bridgehead atoms. The number of hydrogen-bond acceptors (Lipinski definition) is 3. The van der Waals surface area contributed by atoms with E-state index in [4.69, 9.17) is 0 Å². The molecule has 1 aromatic carbocycles. The predicted molar refractivity (Wildman–Crippen MR) is 78.1 cm³/mol. The topological polar surface area (TPSA) is 44.4 Å². The quantitative estimate of drug-likeness (QED) is 0.844. The molecule has 4 nitrogen and oxygen atoms in total. The van der Waals surface area contributed by atoms with E-state index in [2.05, 4.69) is 15.5 Å². The fraction of sp³-hybridized carbons (Fsp3) is 0.533. The van der Waals surface area contributed by atoms with Crippen molar-refractivity contribution < 1.29 is 13.6 Å². The summed E-state index contributed by atoms with van der Waals surface area (Å²) >= 11 is 0. The van der Waals surface area contributed by atoms with Gasteiger partial charge in [-0.2, -0.15) is 0 Å². The molecule has 2 N–H and O–H groups in total. The Kier molecular flexibility index (Phi) is 4.90. The van der Waals surface area contributed by atoms with Crippen LogP contribution in [0.25, 0.3) is 0 Å². The standard InChI is InChI=1S/C15H21F2N3O/c1-20(2)15(7-4-8-15)10-18-9-13(21)19-14-11(16)5-3-6-12(14)17/h3,5-6,18H,4,7-10H2,1-2H3,(H,19,21). The number of likely N-dealkylation sites (N-methyl/N-ethyl adjacent to an activating group) is 1. The highest BCUT2D eigenvalue weighted by Crippen LogP contribution is 2.35. The number of para-hydroxylation sites is 1. The average molecular weight is 297 g/mol. The van der Waals surface area contributed by atoms with Crippen molar-refractivity contribution in [1.82, 2.24) is 10.2 Å². The fourth-order valence-corrected chi connectivity index (χ4v) is 2.58. The first-order valence-electron chi connectivity index (χ1n) is 7.07. The lowest BCUT2D eigenvalue weighted by molar-refractivity contribution is -0.115. The lowest BCUT2D eigenvalue weighted by Gasteiger charge is -2.47. The molecule has 1 aromatic rings. The third kappa shape index (κ3) is 3.57. The monoisotopic (exact) mass is 297 g/mol. The molecule has 0 spiro atoms. The van der Waals surface area contributed by atoms with Crippen LogP contribution in [0.15, 0.2) is 18.2 Å². The van der Waals surface area contributed by atoms with Gasteiger partial charge in [0.05, 0.1) is 6.54 Å². The summed E-state index contributed by atoms with van der Waals surface area (Å²) in [4.78, 5) is 13.9. The SMILES string of the molecule is CN(C)C1(CNCC(=O)Nc2c(F)cccc2F)CCC1. The van der Waals surface area contributed by atoms with Crippen LogP contribution in [0, 0.1) is 11.6 Å². The Morgan fingerprint density at radius 3 is 2.38 bits per heavy atom. The Balaban J connectivity index is 1.83. The maximum atomic E-state index is 13.4. The molecule has 1 amide bonds. The molecule has 0 saturated heterocycles. The van der Waals surface area contributed by atoms with Crippen LogP contribution in [0.1, 0.15) is 19.3 Å². The molecular formula is C15H21F2N3O. The van der Waals surface area contributed by atoms with Gasteiger partial charge in [-0.1, -0.05) is 6.07 Å². The molecule has 1 aliphatic carbocycles. The van der Waals surface area contributed by atoms with Gasteiger partial charge in [0.25, 0.3) is 0 Å². The number of nitrogens with zero attached hydrogens (tertiary/aromatic N) is 1. The summed E-state index contributed by atoms with van der Waals surface area (Å²) in [6.45, 7) is 0.719. The van der Waals surface area contributed by atoms with E-state index < -0.39 is 23.2 Å². The van der Waals surface area contributed by atoms with Crippen LogP contribution in [0.4, 0.5) is 14.5 Å². The van der Waals surface area contributed by atoms with Gasteiger partial charge in [-0.15, -0.1) is 0 Å². The average Bonchev–Trinajstić information content (AvgIpc) is 2.36. The number of nitrogens with one attached hydrogen (secondary N) is 2. The minimum atomic E-state index is -0.771. The second kappa shape index (κ2) is 6.49. The largest absolute Gasteiger partial charge is 0.320 e. The zero-order valence-corrected chi connectivity index (χ0v) is 12.4. The van der Waals surface area contributed by atoms with Gasteiger partial charge in [0.2, 0.25) is 5.91 Å². The summed E-state index contributed by atoms with van der Waals surface area (Å²) in [5.74, 6) is -1.99. The zero-order valence-electron chi connectivity index (χ0n) is 12.4. The number of halogens is 2.